The van der Waals surface area contributed by atoms with E-state index < -0.39 is 0 Å². The van der Waals surface area contributed by atoms with E-state index in [0.717, 1.165) is 49.0 Å². The number of carbonyl (C=O) groups excluding carboxylic acids is 1. The number of amides is 1. The summed E-state index contributed by atoms with van der Waals surface area (Å²) in [5.74, 6) is 0.464. The first-order valence-electron chi connectivity index (χ1n) is 10.6. The van der Waals surface area contributed by atoms with E-state index in [2.05, 4.69) is 22.3 Å². The number of halogens is 1. The molecular formula is C25H27FN2O2S. The molecule has 4 nitrogen and oxygen atoms in total. The van der Waals surface area contributed by atoms with Gasteiger partial charge in [0.15, 0.2) is 0 Å². The number of hydrogen-bond donors (Lipinski definition) is 1. The molecule has 162 valence electrons. The van der Waals surface area contributed by atoms with Crippen LogP contribution in [0.4, 0.5) is 4.39 Å². The molecule has 1 saturated heterocycles. The molecule has 4 rings (SSSR count). The molecule has 1 aliphatic rings. The van der Waals surface area contributed by atoms with Crippen molar-refractivity contribution in [2.24, 2.45) is 0 Å². The van der Waals surface area contributed by atoms with Crippen LogP contribution in [0, 0.1) is 5.82 Å². The summed E-state index contributed by atoms with van der Waals surface area (Å²) in [6.45, 7) is 2.22. The van der Waals surface area contributed by atoms with E-state index in [0.29, 0.717) is 12.3 Å². The van der Waals surface area contributed by atoms with E-state index in [1.54, 1.807) is 24.5 Å². The topological polar surface area (TPSA) is 41.6 Å². The van der Waals surface area contributed by atoms with Crippen molar-refractivity contribution in [1.82, 2.24) is 10.2 Å². The van der Waals surface area contributed by atoms with E-state index in [1.807, 2.05) is 29.6 Å². The number of likely N-dealkylation sites (tertiary alicyclic amines) is 1. The largest absolute Gasteiger partial charge is 0.496 e. The van der Waals surface area contributed by atoms with Gasteiger partial charge < -0.3 is 10.1 Å². The lowest BCUT2D eigenvalue weighted by molar-refractivity contribution is -0.128. The Bertz CT molecular complexity index is 1000. The van der Waals surface area contributed by atoms with Gasteiger partial charge >= 0.3 is 0 Å². The highest BCUT2D eigenvalue weighted by Gasteiger charge is 2.28. The van der Waals surface area contributed by atoms with Gasteiger partial charge in [0.25, 0.3) is 0 Å². The standard InChI is InChI=1S/C25H27FN2O2S/c1-30-24-12-11-20(26)15-22(24)19-9-7-18(8-10-19)17-28-13-3-2-6-23(28)25(29)27-16-21-5-4-14-31-21/h4-5,7-12,14-15,23H,2-3,6,13,16-17H2,1H3,(H,27,29). The molecule has 1 fully saturated rings. The third-order valence-corrected chi connectivity index (χ3v) is 6.62. The molecule has 0 radical (unpaired) electrons. The highest BCUT2D eigenvalue weighted by atomic mass is 32.1. The number of piperidine rings is 1. The zero-order valence-electron chi connectivity index (χ0n) is 17.6. The number of hydrogen-bond acceptors (Lipinski definition) is 4. The maximum absolute atomic E-state index is 13.7. The van der Waals surface area contributed by atoms with Crippen LogP contribution >= 0.6 is 11.3 Å². The Kier molecular flexibility index (Phi) is 6.99. The molecule has 0 spiro atoms. The van der Waals surface area contributed by atoms with Crippen molar-refractivity contribution in [3.63, 3.8) is 0 Å². The van der Waals surface area contributed by atoms with Gasteiger partial charge in [0.2, 0.25) is 5.91 Å². The number of thiophene rings is 1. The molecule has 2 aromatic carbocycles. The summed E-state index contributed by atoms with van der Waals surface area (Å²) < 4.78 is 19.1. The lowest BCUT2D eigenvalue weighted by Gasteiger charge is -2.34. The number of methoxy groups -OCH3 is 1. The first kappa shape index (κ1) is 21.5. The monoisotopic (exact) mass is 438 g/mol. The lowest BCUT2D eigenvalue weighted by Crippen LogP contribution is -2.48. The normalized spacial score (nSPS) is 16.8. The fourth-order valence-electron chi connectivity index (χ4n) is 4.11. The molecule has 6 heteroatoms. The van der Waals surface area contributed by atoms with Crippen LogP contribution in [0.5, 0.6) is 5.75 Å². The van der Waals surface area contributed by atoms with Crippen molar-refractivity contribution in [3.05, 3.63) is 76.2 Å². The van der Waals surface area contributed by atoms with E-state index >= 15 is 0 Å². The summed E-state index contributed by atoms with van der Waals surface area (Å²) in [4.78, 5) is 16.3. The van der Waals surface area contributed by atoms with Crippen LogP contribution in [0.2, 0.25) is 0 Å². The highest BCUT2D eigenvalue weighted by Crippen LogP contribution is 2.31. The van der Waals surface area contributed by atoms with Gasteiger partial charge in [-0.3, -0.25) is 9.69 Å². The molecule has 31 heavy (non-hydrogen) atoms. The Morgan fingerprint density at radius 3 is 2.77 bits per heavy atom. The molecule has 0 bridgehead atoms. The van der Waals surface area contributed by atoms with Crippen LogP contribution in [0.15, 0.2) is 60.0 Å². The van der Waals surface area contributed by atoms with Gasteiger partial charge in [-0.15, -0.1) is 11.3 Å². The third kappa shape index (κ3) is 5.32. The minimum atomic E-state index is -0.287. The van der Waals surface area contributed by atoms with Crippen molar-refractivity contribution in [2.45, 2.75) is 38.4 Å². The van der Waals surface area contributed by atoms with E-state index in [1.165, 1.54) is 17.0 Å². The maximum Gasteiger partial charge on any atom is 0.237 e. The highest BCUT2D eigenvalue weighted by molar-refractivity contribution is 7.09. The summed E-state index contributed by atoms with van der Waals surface area (Å²) in [6.07, 6.45) is 3.06. The van der Waals surface area contributed by atoms with Gasteiger partial charge in [-0.1, -0.05) is 36.8 Å². The van der Waals surface area contributed by atoms with Crippen LogP contribution in [0.25, 0.3) is 11.1 Å². The number of rotatable bonds is 7. The zero-order chi connectivity index (χ0) is 21.6. The van der Waals surface area contributed by atoms with Gasteiger partial charge in [0.1, 0.15) is 11.6 Å². The fraction of sp³-hybridized carbons (Fsp3) is 0.320. The minimum absolute atomic E-state index is 0.100. The van der Waals surface area contributed by atoms with Crippen molar-refractivity contribution < 1.29 is 13.9 Å². The Morgan fingerprint density at radius 1 is 1.19 bits per heavy atom. The van der Waals surface area contributed by atoms with Gasteiger partial charge in [0, 0.05) is 17.0 Å². The van der Waals surface area contributed by atoms with E-state index in [4.69, 9.17) is 4.74 Å². The van der Waals surface area contributed by atoms with Crippen LogP contribution < -0.4 is 10.1 Å². The summed E-state index contributed by atoms with van der Waals surface area (Å²) in [6, 6.07) is 16.6. The number of nitrogens with one attached hydrogen (secondary N) is 1. The average molecular weight is 439 g/mol. The number of benzene rings is 2. The minimum Gasteiger partial charge on any atom is -0.496 e. The summed E-state index contributed by atoms with van der Waals surface area (Å²) in [5.41, 5.74) is 2.78. The maximum atomic E-state index is 13.7. The van der Waals surface area contributed by atoms with Gasteiger partial charge in [-0.05, 0) is 60.2 Å². The van der Waals surface area contributed by atoms with Crippen LogP contribution in [0.1, 0.15) is 29.7 Å². The SMILES string of the molecule is COc1ccc(F)cc1-c1ccc(CN2CCCCC2C(=O)NCc2cccs2)cc1. The Labute approximate surface area is 186 Å². The second kappa shape index (κ2) is 10.1. The summed E-state index contributed by atoms with van der Waals surface area (Å²) in [5, 5.41) is 5.12. The zero-order valence-corrected chi connectivity index (χ0v) is 18.5. The second-order valence-corrected chi connectivity index (χ2v) is 8.85. The van der Waals surface area contributed by atoms with Crippen LogP contribution in [0.3, 0.4) is 0 Å². The van der Waals surface area contributed by atoms with Gasteiger partial charge in [-0.25, -0.2) is 4.39 Å². The molecule has 1 atom stereocenters. The molecule has 1 N–H and O–H groups in total. The molecule has 1 unspecified atom stereocenters. The Balaban J connectivity index is 1.43. The summed E-state index contributed by atoms with van der Waals surface area (Å²) in [7, 11) is 1.59. The van der Waals surface area contributed by atoms with E-state index in [9.17, 15) is 9.18 Å². The Hall–Kier alpha value is -2.70. The molecule has 0 saturated carbocycles. The predicted molar refractivity (Wildman–Crippen MR) is 123 cm³/mol. The van der Waals surface area contributed by atoms with Gasteiger partial charge in [-0.2, -0.15) is 0 Å². The predicted octanol–water partition coefficient (Wildman–Crippen LogP) is 5.23. The fourth-order valence-corrected chi connectivity index (χ4v) is 4.76. The Morgan fingerprint density at radius 2 is 2.03 bits per heavy atom. The number of ether oxygens (including phenoxy) is 1. The van der Waals surface area contributed by atoms with Crippen LogP contribution in [-0.2, 0) is 17.9 Å². The lowest BCUT2D eigenvalue weighted by atomic mass is 9.99. The quantitative estimate of drug-likeness (QED) is 0.549. The first-order chi connectivity index (χ1) is 15.1. The molecule has 1 aromatic heterocycles. The summed E-state index contributed by atoms with van der Waals surface area (Å²) >= 11 is 1.66. The van der Waals surface area contributed by atoms with Crippen molar-refractivity contribution in [1.29, 1.82) is 0 Å². The molecule has 3 aromatic rings. The molecule has 0 aliphatic carbocycles. The molecule has 1 aliphatic heterocycles. The van der Waals surface area contributed by atoms with E-state index in [-0.39, 0.29) is 17.8 Å². The first-order valence-corrected chi connectivity index (χ1v) is 11.5. The second-order valence-electron chi connectivity index (χ2n) is 7.82. The molecular weight excluding hydrogens is 411 g/mol. The number of carbonyl (C=O) groups is 1. The average Bonchev–Trinajstić information content (AvgIpc) is 3.32. The molecule has 1 amide bonds. The molecule has 2 heterocycles. The van der Waals surface area contributed by atoms with Crippen molar-refractivity contribution >= 4 is 17.2 Å². The van der Waals surface area contributed by atoms with Crippen molar-refractivity contribution in [3.8, 4) is 16.9 Å². The van der Waals surface area contributed by atoms with Crippen LogP contribution in [-0.4, -0.2) is 30.5 Å². The third-order valence-electron chi connectivity index (χ3n) is 5.75. The smallest absolute Gasteiger partial charge is 0.237 e. The van der Waals surface area contributed by atoms with Crippen molar-refractivity contribution in [2.75, 3.05) is 13.7 Å². The van der Waals surface area contributed by atoms with Gasteiger partial charge in [0.05, 0.1) is 19.7 Å². The number of nitrogens with zero attached hydrogens (tertiary/aromatic N) is 1.